The summed E-state index contributed by atoms with van der Waals surface area (Å²) in [5, 5.41) is 9.44. The van der Waals surface area contributed by atoms with Gasteiger partial charge in [-0.3, -0.25) is 14.4 Å². The average molecular weight is 282 g/mol. The zero-order valence-corrected chi connectivity index (χ0v) is 11.5. The van der Waals surface area contributed by atoms with Gasteiger partial charge in [0, 0.05) is 46.2 Å². The van der Waals surface area contributed by atoms with Crippen molar-refractivity contribution in [2.24, 2.45) is 0 Å². The van der Waals surface area contributed by atoms with Gasteiger partial charge in [0.2, 0.25) is 5.91 Å². The molecule has 0 saturated heterocycles. The molecule has 0 saturated carbocycles. The molecule has 2 heterocycles. The number of fused-ring (bicyclic) bond motifs is 1. The number of imidazole rings is 1. The number of nitrogens with zero attached hydrogens (tertiary/aromatic N) is 3. The van der Waals surface area contributed by atoms with E-state index in [0.717, 1.165) is 5.82 Å². The van der Waals surface area contributed by atoms with Gasteiger partial charge in [0.15, 0.2) is 0 Å². The second-order valence-corrected chi connectivity index (χ2v) is 4.18. The molecule has 20 heavy (non-hydrogen) atoms. The fourth-order valence-corrected chi connectivity index (χ4v) is 1.97. The van der Waals surface area contributed by atoms with Gasteiger partial charge >= 0.3 is 0 Å². The maximum absolute atomic E-state index is 11.4. The number of carbonyl (C=O) groups is 3. The van der Waals surface area contributed by atoms with Gasteiger partial charge in [-0.2, -0.15) is 0 Å². The number of nitrogens with one attached hydrogen (secondary N) is 1. The first-order valence-electron chi connectivity index (χ1n) is 6.15. The van der Waals surface area contributed by atoms with Crippen LogP contribution in [0, 0.1) is 0 Å². The van der Waals surface area contributed by atoms with Crippen molar-refractivity contribution in [3.05, 3.63) is 17.7 Å². The largest absolute Gasteiger partial charge is 0.483 e. The maximum atomic E-state index is 11.4. The molecule has 8 heteroatoms. The molecule has 0 fully saturated rings. The number of hydrogen-bond acceptors (Lipinski definition) is 4. The summed E-state index contributed by atoms with van der Waals surface area (Å²) in [5.74, 6) is 0.781. The lowest BCUT2D eigenvalue weighted by Gasteiger charge is -2.17. The molecule has 0 aliphatic carbocycles. The molecule has 0 aromatic carbocycles. The SMILES string of the molecule is CNC(=O)c1cn2c(n1)CCN(C(C)=O)CC2.O=CO. The smallest absolute Gasteiger partial charge is 0.290 e. The fourth-order valence-electron chi connectivity index (χ4n) is 1.97. The highest BCUT2D eigenvalue weighted by Crippen LogP contribution is 2.10. The van der Waals surface area contributed by atoms with Crippen molar-refractivity contribution < 1.29 is 19.5 Å². The third-order valence-electron chi connectivity index (χ3n) is 2.98. The van der Waals surface area contributed by atoms with Crippen molar-refractivity contribution in [3.63, 3.8) is 0 Å². The summed E-state index contributed by atoms with van der Waals surface area (Å²) >= 11 is 0. The Bertz CT molecular complexity index is 472. The average Bonchev–Trinajstić information content (AvgIpc) is 2.72. The van der Waals surface area contributed by atoms with Crippen LogP contribution in [0.5, 0.6) is 0 Å². The van der Waals surface area contributed by atoms with Crippen LogP contribution in [-0.4, -0.2) is 58.0 Å². The van der Waals surface area contributed by atoms with Crippen LogP contribution in [0.4, 0.5) is 0 Å². The van der Waals surface area contributed by atoms with Crippen molar-refractivity contribution in [2.45, 2.75) is 19.9 Å². The molecular weight excluding hydrogens is 264 g/mol. The number of rotatable bonds is 1. The zero-order valence-electron chi connectivity index (χ0n) is 11.5. The van der Waals surface area contributed by atoms with Gasteiger partial charge in [-0.15, -0.1) is 0 Å². The molecule has 0 spiro atoms. The first kappa shape index (κ1) is 15.7. The first-order valence-corrected chi connectivity index (χ1v) is 6.15. The molecule has 1 aromatic heterocycles. The zero-order chi connectivity index (χ0) is 15.1. The Kier molecular flexibility index (Phi) is 5.70. The number of hydrogen-bond donors (Lipinski definition) is 2. The molecule has 0 radical (unpaired) electrons. The fraction of sp³-hybridized carbons (Fsp3) is 0.500. The van der Waals surface area contributed by atoms with Crippen LogP contribution in [0.2, 0.25) is 0 Å². The van der Waals surface area contributed by atoms with Crippen molar-refractivity contribution in [2.75, 3.05) is 20.1 Å². The predicted octanol–water partition coefficient (Wildman–Crippen LogP) is -0.652. The van der Waals surface area contributed by atoms with E-state index >= 15 is 0 Å². The van der Waals surface area contributed by atoms with E-state index in [2.05, 4.69) is 10.3 Å². The van der Waals surface area contributed by atoms with Crippen LogP contribution in [0.3, 0.4) is 0 Å². The van der Waals surface area contributed by atoms with Crippen molar-refractivity contribution in [3.8, 4) is 0 Å². The standard InChI is InChI=1S/C11H16N4O2.CH2O2/c1-8(16)14-4-3-10-13-9(11(17)12-2)7-15(10)6-5-14;2-1-3/h7H,3-6H2,1-2H3,(H,12,17);1H,(H,2,3). The summed E-state index contributed by atoms with van der Waals surface area (Å²) in [4.78, 5) is 37.2. The monoisotopic (exact) mass is 282 g/mol. The Morgan fingerprint density at radius 1 is 1.40 bits per heavy atom. The molecular formula is C12H18N4O4. The summed E-state index contributed by atoms with van der Waals surface area (Å²) in [6.45, 7) is 3.36. The van der Waals surface area contributed by atoms with Crippen LogP contribution < -0.4 is 5.32 Å². The predicted molar refractivity (Wildman–Crippen MR) is 70.3 cm³/mol. The number of aromatic nitrogens is 2. The van der Waals surface area contributed by atoms with E-state index in [1.54, 1.807) is 25.1 Å². The van der Waals surface area contributed by atoms with E-state index in [-0.39, 0.29) is 18.3 Å². The molecule has 2 rings (SSSR count). The molecule has 0 unspecified atom stereocenters. The normalized spacial score (nSPS) is 13.4. The van der Waals surface area contributed by atoms with E-state index in [9.17, 15) is 9.59 Å². The minimum Gasteiger partial charge on any atom is -0.483 e. The number of carbonyl (C=O) groups excluding carboxylic acids is 2. The summed E-state index contributed by atoms with van der Waals surface area (Å²) < 4.78 is 1.95. The van der Waals surface area contributed by atoms with Gasteiger partial charge in [0.05, 0.1) is 0 Å². The van der Waals surface area contributed by atoms with Crippen molar-refractivity contribution in [1.29, 1.82) is 0 Å². The van der Waals surface area contributed by atoms with Gasteiger partial charge in [-0.05, 0) is 0 Å². The Labute approximate surface area is 116 Å². The molecule has 0 bridgehead atoms. The lowest BCUT2D eigenvalue weighted by Crippen LogP contribution is -2.31. The minimum atomic E-state index is -0.250. The molecule has 8 nitrogen and oxygen atoms in total. The second-order valence-electron chi connectivity index (χ2n) is 4.18. The minimum absolute atomic E-state index is 0.0854. The van der Waals surface area contributed by atoms with E-state index < -0.39 is 0 Å². The topological polar surface area (TPSA) is 105 Å². The van der Waals surface area contributed by atoms with E-state index in [1.165, 1.54) is 0 Å². The Balaban J connectivity index is 0.000000612. The molecule has 0 atom stereocenters. The highest BCUT2D eigenvalue weighted by Gasteiger charge is 2.19. The van der Waals surface area contributed by atoms with E-state index in [1.807, 2.05) is 4.57 Å². The molecule has 1 aliphatic rings. The molecule has 1 aliphatic heterocycles. The van der Waals surface area contributed by atoms with E-state index in [0.29, 0.717) is 31.7 Å². The first-order chi connectivity index (χ1) is 9.53. The lowest BCUT2D eigenvalue weighted by atomic mass is 10.3. The highest BCUT2D eigenvalue weighted by molar-refractivity contribution is 5.91. The summed E-state index contributed by atoms with van der Waals surface area (Å²) in [5.41, 5.74) is 0.443. The maximum Gasteiger partial charge on any atom is 0.290 e. The Hall–Kier alpha value is -2.38. The van der Waals surface area contributed by atoms with Crippen LogP contribution in [-0.2, 0) is 22.6 Å². The van der Waals surface area contributed by atoms with Crippen LogP contribution in [0.15, 0.2) is 6.20 Å². The number of carboxylic acid groups (broad SMARTS) is 1. The third kappa shape index (κ3) is 3.81. The second kappa shape index (κ2) is 7.27. The molecule has 2 N–H and O–H groups in total. The summed E-state index contributed by atoms with van der Waals surface area (Å²) in [7, 11) is 1.59. The van der Waals surface area contributed by atoms with Crippen molar-refractivity contribution >= 4 is 18.3 Å². The van der Waals surface area contributed by atoms with Crippen LogP contribution >= 0.6 is 0 Å². The number of amides is 2. The highest BCUT2D eigenvalue weighted by atomic mass is 16.3. The van der Waals surface area contributed by atoms with Gasteiger partial charge in [0.25, 0.3) is 12.4 Å². The van der Waals surface area contributed by atoms with Crippen LogP contribution in [0.1, 0.15) is 23.2 Å². The lowest BCUT2D eigenvalue weighted by molar-refractivity contribution is -0.128. The van der Waals surface area contributed by atoms with Gasteiger partial charge in [-0.1, -0.05) is 0 Å². The van der Waals surface area contributed by atoms with Gasteiger partial charge < -0.3 is 19.9 Å². The molecule has 1 aromatic rings. The summed E-state index contributed by atoms with van der Waals surface area (Å²) in [6.07, 6.45) is 2.44. The quantitative estimate of drug-likeness (QED) is 0.666. The Morgan fingerprint density at radius 3 is 2.60 bits per heavy atom. The molecule has 110 valence electrons. The Morgan fingerprint density at radius 2 is 2.05 bits per heavy atom. The third-order valence-corrected chi connectivity index (χ3v) is 2.98. The molecule has 2 amide bonds. The van der Waals surface area contributed by atoms with E-state index in [4.69, 9.17) is 9.90 Å². The van der Waals surface area contributed by atoms with Gasteiger partial charge in [-0.25, -0.2) is 4.98 Å². The van der Waals surface area contributed by atoms with Gasteiger partial charge in [0.1, 0.15) is 11.5 Å². The van der Waals surface area contributed by atoms with Crippen LogP contribution in [0.25, 0.3) is 0 Å². The summed E-state index contributed by atoms with van der Waals surface area (Å²) in [6, 6.07) is 0. The van der Waals surface area contributed by atoms with Crippen molar-refractivity contribution in [1.82, 2.24) is 19.8 Å².